The average molecular weight is 480 g/mol. The molecule has 1 aliphatic rings. The zero-order chi connectivity index (χ0) is 24.3. The van der Waals surface area contributed by atoms with Crippen LogP contribution in [0.15, 0.2) is 33.9 Å². The van der Waals surface area contributed by atoms with Crippen molar-refractivity contribution < 1.29 is 17.9 Å². The van der Waals surface area contributed by atoms with Gasteiger partial charge in [-0.2, -0.15) is 0 Å². The number of nitrogen functional groups attached to an aromatic ring is 1. The van der Waals surface area contributed by atoms with Crippen LogP contribution >= 0.6 is 0 Å². The fourth-order valence-corrected chi connectivity index (χ4v) is 5.30. The van der Waals surface area contributed by atoms with Crippen molar-refractivity contribution in [2.24, 2.45) is 5.92 Å². The zero-order valence-electron chi connectivity index (χ0n) is 18.9. The van der Waals surface area contributed by atoms with E-state index >= 15 is 0 Å². The van der Waals surface area contributed by atoms with E-state index in [2.05, 4.69) is 4.98 Å². The number of amides is 1. The lowest BCUT2D eigenvalue weighted by molar-refractivity contribution is 0.0975. The van der Waals surface area contributed by atoms with Gasteiger partial charge in [0.15, 0.2) is 5.69 Å². The Morgan fingerprint density at radius 3 is 2.45 bits per heavy atom. The van der Waals surface area contributed by atoms with Crippen LogP contribution in [0.1, 0.15) is 30.6 Å². The Hall–Kier alpha value is -3.12. The number of aromatic amines is 1. The number of methoxy groups -OCH3 is 1. The molecule has 1 fully saturated rings. The van der Waals surface area contributed by atoms with Crippen molar-refractivity contribution in [1.29, 1.82) is 0 Å². The Morgan fingerprint density at radius 2 is 1.91 bits per heavy atom. The summed E-state index contributed by atoms with van der Waals surface area (Å²) in [6, 6.07) is 6.11. The maximum Gasteiger partial charge on any atom is 0.330 e. The third kappa shape index (κ3) is 5.11. The standard InChI is InChI=1S/C21H29N5O6S/c1-14(2)13-25-18(22)17(19(27)23-21(25)29)24(10-11-32-3)20(28)15-5-7-16(8-6-15)26-9-4-12-33(26,30)31/h5-8,14H,4,9-13,22H2,1-3H3,(H,23,27,29). The lowest BCUT2D eigenvalue weighted by Crippen LogP contribution is -2.42. The van der Waals surface area contributed by atoms with E-state index < -0.39 is 27.2 Å². The van der Waals surface area contributed by atoms with E-state index in [4.69, 9.17) is 10.5 Å². The molecule has 1 saturated heterocycles. The number of anilines is 3. The summed E-state index contributed by atoms with van der Waals surface area (Å²) in [5.41, 5.74) is 5.33. The highest BCUT2D eigenvalue weighted by molar-refractivity contribution is 7.93. The number of nitrogens with one attached hydrogen (secondary N) is 1. The molecular weight excluding hydrogens is 450 g/mol. The molecule has 3 rings (SSSR count). The number of hydrogen-bond acceptors (Lipinski definition) is 7. The molecule has 0 unspecified atom stereocenters. The zero-order valence-corrected chi connectivity index (χ0v) is 19.7. The smallest absolute Gasteiger partial charge is 0.330 e. The van der Waals surface area contributed by atoms with Gasteiger partial charge in [0.25, 0.3) is 11.5 Å². The van der Waals surface area contributed by atoms with Gasteiger partial charge in [-0.15, -0.1) is 0 Å². The predicted molar refractivity (Wildman–Crippen MR) is 126 cm³/mol. The topological polar surface area (TPSA) is 148 Å². The molecule has 0 radical (unpaired) electrons. The number of H-pyrrole nitrogens is 1. The van der Waals surface area contributed by atoms with Crippen LogP contribution in [0.25, 0.3) is 0 Å². The number of nitrogens with zero attached hydrogens (tertiary/aromatic N) is 3. The van der Waals surface area contributed by atoms with E-state index in [1.165, 1.54) is 33.0 Å². The number of carbonyl (C=O) groups excluding carboxylic acids is 1. The summed E-state index contributed by atoms with van der Waals surface area (Å²) < 4.78 is 32.0. The van der Waals surface area contributed by atoms with Gasteiger partial charge in [0.2, 0.25) is 10.0 Å². The van der Waals surface area contributed by atoms with Crippen molar-refractivity contribution >= 4 is 33.1 Å². The first-order valence-corrected chi connectivity index (χ1v) is 12.2. The van der Waals surface area contributed by atoms with Gasteiger partial charge in [0, 0.05) is 32.3 Å². The van der Waals surface area contributed by atoms with E-state index in [9.17, 15) is 22.8 Å². The maximum absolute atomic E-state index is 13.4. The third-order valence-electron chi connectivity index (χ3n) is 5.30. The van der Waals surface area contributed by atoms with Crippen LogP contribution in [0.5, 0.6) is 0 Å². The first-order chi connectivity index (χ1) is 15.6. The van der Waals surface area contributed by atoms with Gasteiger partial charge in [0.1, 0.15) is 5.82 Å². The number of hydrogen-bond donors (Lipinski definition) is 2. The van der Waals surface area contributed by atoms with Crippen molar-refractivity contribution in [3.8, 4) is 0 Å². The third-order valence-corrected chi connectivity index (χ3v) is 7.17. The Labute approximate surface area is 191 Å². The molecule has 1 amide bonds. The molecule has 0 spiro atoms. The van der Waals surface area contributed by atoms with Gasteiger partial charge in [0.05, 0.1) is 18.0 Å². The Kier molecular flexibility index (Phi) is 7.28. The van der Waals surface area contributed by atoms with Gasteiger partial charge in [-0.3, -0.25) is 28.3 Å². The Morgan fingerprint density at radius 1 is 1.24 bits per heavy atom. The van der Waals surface area contributed by atoms with Crippen molar-refractivity contribution in [1.82, 2.24) is 9.55 Å². The van der Waals surface area contributed by atoms with Crippen LogP contribution in [0.4, 0.5) is 17.2 Å². The van der Waals surface area contributed by atoms with Crippen molar-refractivity contribution in [3.63, 3.8) is 0 Å². The molecule has 180 valence electrons. The molecule has 1 aromatic carbocycles. The molecule has 11 nitrogen and oxygen atoms in total. The minimum atomic E-state index is -3.35. The monoisotopic (exact) mass is 479 g/mol. The first kappa shape index (κ1) is 24.5. The molecule has 2 heterocycles. The second-order valence-corrected chi connectivity index (χ2v) is 10.2. The molecule has 0 bridgehead atoms. The average Bonchev–Trinajstić information content (AvgIpc) is 3.11. The van der Waals surface area contributed by atoms with Crippen LogP contribution < -0.4 is 26.2 Å². The lowest BCUT2D eigenvalue weighted by Gasteiger charge is -2.25. The first-order valence-electron chi connectivity index (χ1n) is 10.6. The molecule has 2 aromatic rings. The van der Waals surface area contributed by atoms with E-state index in [0.717, 1.165) is 0 Å². The minimum absolute atomic E-state index is 0.0186. The van der Waals surface area contributed by atoms with Gasteiger partial charge < -0.3 is 10.5 Å². The summed E-state index contributed by atoms with van der Waals surface area (Å²) in [6.45, 7) is 4.58. The summed E-state index contributed by atoms with van der Waals surface area (Å²) >= 11 is 0. The number of carbonyl (C=O) groups is 1. The molecule has 1 aliphatic heterocycles. The molecule has 0 atom stereocenters. The second kappa shape index (κ2) is 9.79. The predicted octanol–water partition coefficient (Wildman–Crippen LogP) is 0.608. The normalized spacial score (nSPS) is 15.2. The maximum atomic E-state index is 13.4. The van der Waals surface area contributed by atoms with Crippen LogP contribution in [0.2, 0.25) is 0 Å². The quantitative estimate of drug-likeness (QED) is 0.563. The van der Waals surface area contributed by atoms with Crippen LogP contribution in [-0.4, -0.2) is 56.4 Å². The number of nitrogens with two attached hydrogens (primary N) is 1. The van der Waals surface area contributed by atoms with Gasteiger partial charge in [-0.1, -0.05) is 13.8 Å². The molecule has 0 saturated carbocycles. The molecule has 33 heavy (non-hydrogen) atoms. The number of benzene rings is 1. The van der Waals surface area contributed by atoms with Gasteiger partial charge >= 0.3 is 5.69 Å². The summed E-state index contributed by atoms with van der Waals surface area (Å²) in [7, 11) is -1.89. The van der Waals surface area contributed by atoms with Crippen molar-refractivity contribution in [2.45, 2.75) is 26.8 Å². The highest BCUT2D eigenvalue weighted by Gasteiger charge is 2.29. The molecule has 12 heteroatoms. The van der Waals surface area contributed by atoms with Crippen molar-refractivity contribution in [3.05, 3.63) is 50.7 Å². The summed E-state index contributed by atoms with van der Waals surface area (Å²) in [5, 5.41) is 0. The Bertz CT molecular complexity index is 1230. The SMILES string of the molecule is COCCN(C(=O)c1ccc(N2CCCS2(=O)=O)cc1)c1c(N)n(CC(C)C)c(=O)[nH]c1=O. The minimum Gasteiger partial charge on any atom is -0.383 e. The number of sulfonamides is 1. The van der Waals surface area contributed by atoms with E-state index in [1.807, 2.05) is 13.8 Å². The number of rotatable bonds is 8. The summed E-state index contributed by atoms with van der Waals surface area (Å²) in [6.07, 6.45) is 0.544. The van der Waals surface area contributed by atoms with E-state index in [1.54, 1.807) is 12.1 Å². The number of aromatic nitrogens is 2. The fourth-order valence-electron chi connectivity index (χ4n) is 3.74. The highest BCUT2D eigenvalue weighted by Crippen LogP contribution is 2.25. The van der Waals surface area contributed by atoms with Crippen LogP contribution in [-0.2, 0) is 21.3 Å². The summed E-state index contributed by atoms with van der Waals surface area (Å²) in [5.74, 6) is -0.482. The lowest BCUT2D eigenvalue weighted by atomic mass is 10.1. The number of ether oxygens (including phenoxy) is 1. The highest BCUT2D eigenvalue weighted by atomic mass is 32.2. The van der Waals surface area contributed by atoms with Crippen molar-refractivity contribution in [2.75, 3.05) is 47.5 Å². The second-order valence-electron chi connectivity index (χ2n) is 8.24. The van der Waals surface area contributed by atoms with Gasteiger partial charge in [-0.25, -0.2) is 13.2 Å². The van der Waals surface area contributed by atoms with E-state index in [-0.39, 0.29) is 48.4 Å². The van der Waals surface area contributed by atoms with Crippen LogP contribution in [0.3, 0.4) is 0 Å². The van der Waals surface area contributed by atoms with Crippen LogP contribution in [0, 0.1) is 5.92 Å². The largest absolute Gasteiger partial charge is 0.383 e. The van der Waals surface area contributed by atoms with Gasteiger partial charge in [-0.05, 0) is 36.6 Å². The Balaban J connectivity index is 2.01. The molecule has 3 N–H and O–H groups in total. The molecule has 1 aromatic heterocycles. The summed E-state index contributed by atoms with van der Waals surface area (Å²) in [4.78, 5) is 41.8. The molecule has 0 aliphatic carbocycles. The molecular formula is C21H29N5O6S. The fraction of sp³-hybridized carbons (Fsp3) is 0.476. The van der Waals surface area contributed by atoms with E-state index in [0.29, 0.717) is 18.7 Å².